The van der Waals surface area contributed by atoms with E-state index in [0.29, 0.717) is 21.8 Å². The second-order valence-electron chi connectivity index (χ2n) is 4.59. The molecule has 0 atom stereocenters. The second-order valence-corrected chi connectivity index (χ2v) is 5.91. The molecule has 0 unspecified atom stereocenters. The maximum Gasteiger partial charge on any atom is 0.266 e. The van der Waals surface area contributed by atoms with Crippen molar-refractivity contribution in [2.75, 3.05) is 4.90 Å². The van der Waals surface area contributed by atoms with Crippen molar-refractivity contribution in [3.8, 4) is 0 Å². The van der Waals surface area contributed by atoms with Gasteiger partial charge in [0.1, 0.15) is 0 Å². The third kappa shape index (κ3) is 1.96. The lowest BCUT2D eigenvalue weighted by molar-refractivity contribution is 0.0926. The molecule has 0 saturated heterocycles. The van der Waals surface area contributed by atoms with Crippen LogP contribution >= 0.6 is 27.5 Å². The maximum absolute atomic E-state index is 12.4. The molecule has 2 amide bonds. The van der Waals surface area contributed by atoms with Gasteiger partial charge in [-0.3, -0.25) is 9.59 Å². The molecule has 3 rings (SSSR count). The Balaban J connectivity index is 2.16. The number of fused-ring (bicyclic) bond motifs is 1. The van der Waals surface area contributed by atoms with Gasteiger partial charge in [0.15, 0.2) is 0 Å². The minimum Gasteiger partial charge on any atom is -0.268 e. The highest BCUT2D eigenvalue weighted by molar-refractivity contribution is 9.10. The van der Waals surface area contributed by atoms with Crippen LogP contribution in [0.15, 0.2) is 40.9 Å². The Kier molecular flexibility index (Phi) is 3.15. The number of benzene rings is 2. The molecule has 0 aromatic heterocycles. The molecule has 100 valence electrons. The van der Waals surface area contributed by atoms with E-state index in [0.717, 1.165) is 14.9 Å². The van der Waals surface area contributed by atoms with E-state index in [1.807, 2.05) is 13.0 Å². The molecule has 5 heteroatoms. The van der Waals surface area contributed by atoms with Crippen LogP contribution in [0, 0.1) is 6.92 Å². The summed E-state index contributed by atoms with van der Waals surface area (Å²) in [6, 6.07) is 10.3. The smallest absolute Gasteiger partial charge is 0.266 e. The van der Waals surface area contributed by atoms with Crippen molar-refractivity contribution in [1.82, 2.24) is 0 Å². The van der Waals surface area contributed by atoms with Gasteiger partial charge in [0.2, 0.25) is 0 Å². The zero-order chi connectivity index (χ0) is 14.4. The van der Waals surface area contributed by atoms with Gasteiger partial charge in [-0.2, -0.15) is 0 Å². The Hall–Kier alpha value is -1.65. The summed E-state index contributed by atoms with van der Waals surface area (Å²) in [5.74, 6) is -0.691. The molecule has 0 saturated carbocycles. The summed E-state index contributed by atoms with van der Waals surface area (Å²) in [6.07, 6.45) is 0. The first-order valence-electron chi connectivity index (χ1n) is 5.93. The molecule has 1 heterocycles. The third-order valence-electron chi connectivity index (χ3n) is 3.19. The third-order valence-corrected chi connectivity index (χ3v) is 4.00. The number of hydrogen-bond acceptors (Lipinski definition) is 2. The zero-order valence-electron chi connectivity index (χ0n) is 10.5. The summed E-state index contributed by atoms with van der Waals surface area (Å²) in [7, 11) is 0. The van der Waals surface area contributed by atoms with Gasteiger partial charge in [-0.1, -0.05) is 33.6 Å². The lowest BCUT2D eigenvalue weighted by Crippen LogP contribution is -2.29. The monoisotopic (exact) mass is 349 g/mol. The van der Waals surface area contributed by atoms with Crippen molar-refractivity contribution in [1.29, 1.82) is 0 Å². The Morgan fingerprint density at radius 2 is 1.70 bits per heavy atom. The molecule has 0 spiro atoms. The summed E-state index contributed by atoms with van der Waals surface area (Å²) in [4.78, 5) is 26.0. The molecule has 1 aliphatic heterocycles. The summed E-state index contributed by atoms with van der Waals surface area (Å²) in [5.41, 5.74) is 2.15. The quantitative estimate of drug-likeness (QED) is 0.722. The fraction of sp³-hybridized carbons (Fsp3) is 0.0667. The topological polar surface area (TPSA) is 37.4 Å². The molecule has 0 radical (unpaired) electrons. The van der Waals surface area contributed by atoms with E-state index < -0.39 is 0 Å². The molecule has 0 aliphatic carbocycles. The Labute approximate surface area is 129 Å². The number of carbonyl (C=O) groups excluding carboxylic acids is 2. The predicted molar refractivity (Wildman–Crippen MR) is 81.5 cm³/mol. The summed E-state index contributed by atoms with van der Waals surface area (Å²) in [5, 5.41) is 0.379. The number of anilines is 1. The van der Waals surface area contributed by atoms with Gasteiger partial charge < -0.3 is 0 Å². The van der Waals surface area contributed by atoms with E-state index in [4.69, 9.17) is 11.6 Å². The van der Waals surface area contributed by atoms with Crippen molar-refractivity contribution in [3.05, 3.63) is 62.6 Å². The van der Waals surface area contributed by atoms with Crippen LogP contribution in [-0.2, 0) is 0 Å². The highest BCUT2D eigenvalue weighted by atomic mass is 79.9. The SMILES string of the molecule is Cc1ccc(Cl)c(N2C(=O)c3ccc(Br)cc3C2=O)c1. The number of amides is 2. The molecule has 1 aliphatic rings. The van der Waals surface area contributed by atoms with Crippen molar-refractivity contribution >= 4 is 45.0 Å². The number of aryl methyl sites for hydroxylation is 1. The van der Waals surface area contributed by atoms with Crippen LogP contribution in [0.1, 0.15) is 26.3 Å². The summed E-state index contributed by atoms with van der Waals surface area (Å²) < 4.78 is 0.759. The van der Waals surface area contributed by atoms with Gasteiger partial charge in [-0.25, -0.2) is 4.90 Å². The van der Waals surface area contributed by atoms with Crippen molar-refractivity contribution < 1.29 is 9.59 Å². The number of rotatable bonds is 1. The molecule has 2 aromatic rings. The van der Waals surface area contributed by atoms with Crippen LogP contribution in [0.5, 0.6) is 0 Å². The van der Waals surface area contributed by atoms with Crippen LogP contribution < -0.4 is 4.90 Å². The number of carbonyl (C=O) groups is 2. The molecule has 3 nitrogen and oxygen atoms in total. The normalized spacial score (nSPS) is 13.8. The number of halogens is 2. The van der Waals surface area contributed by atoms with Crippen LogP contribution in [0.3, 0.4) is 0 Å². The maximum atomic E-state index is 12.4. The largest absolute Gasteiger partial charge is 0.268 e. The number of nitrogens with zero attached hydrogens (tertiary/aromatic N) is 1. The lowest BCUT2D eigenvalue weighted by Gasteiger charge is -2.16. The Morgan fingerprint density at radius 1 is 1.00 bits per heavy atom. The van der Waals surface area contributed by atoms with E-state index in [1.165, 1.54) is 0 Å². The second kappa shape index (κ2) is 4.72. The predicted octanol–water partition coefficient (Wildman–Crippen LogP) is 4.21. The van der Waals surface area contributed by atoms with Gasteiger partial charge in [0, 0.05) is 4.47 Å². The van der Waals surface area contributed by atoms with Crippen LogP contribution in [0.4, 0.5) is 5.69 Å². The highest BCUT2D eigenvalue weighted by Crippen LogP contribution is 2.34. The standard InChI is InChI=1S/C15H9BrClNO2/c1-8-2-5-12(17)13(6-8)18-14(19)10-4-3-9(16)7-11(10)15(18)20/h2-7H,1H3. The minimum atomic E-state index is -0.348. The van der Waals surface area contributed by atoms with Crippen LogP contribution in [0.25, 0.3) is 0 Å². The first-order chi connectivity index (χ1) is 9.49. The fourth-order valence-corrected chi connectivity index (χ4v) is 2.79. The average molecular weight is 351 g/mol. The van der Waals surface area contributed by atoms with Gasteiger partial charge >= 0.3 is 0 Å². The molecule has 20 heavy (non-hydrogen) atoms. The average Bonchev–Trinajstić information content (AvgIpc) is 2.65. The number of imide groups is 1. The number of hydrogen-bond donors (Lipinski definition) is 0. The van der Waals surface area contributed by atoms with Crippen molar-refractivity contribution in [3.63, 3.8) is 0 Å². The van der Waals surface area contributed by atoms with Crippen molar-refractivity contribution in [2.24, 2.45) is 0 Å². The first-order valence-corrected chi connectivity index (χ1v) is 7.10. The first kappa shape index (κ1) is 13.3. The highest BCUT2D eigenvalue weighted by Gasteiger charge is 2.37. The summed E-state index contributed by atoms with van der Waals surface area (Å²) >= 11 is 9.43. The molecular weight excluding hydrogens is 342 g/mol. The van der Waals surface area contributed by atoms with Gasteiger partial charge in [0.25, 0.3) is 11.8 Å². The van der Waals surface area contributed by atoms with E-state index in [2.05, 4.69) is 15.9 Å². The summed E-state index contributed by atoms with van der Waals surface area (Å²) in [6.45, 7) is 1.88. The fourth-order valence-electron chi connectivity index (χ4n) is 2.23. The van der Waals surface area contributed by atoms with E-state index >= 15 is 0 Å². The zero-order valence-corrected chi connectivity index (χ0v) is 12.8. The molecule has 2 aromatic carbocycles. The Bertz CT molecular complexity index is 758. The van der Waals surface area contributed by atoms with E-state index in [1.54, 1.807) is 30.3 Å². The lowest BCUT2D eigenvalue weighted by atomic mass is 10.1. The Morgan fingerprint density at radius 3 is 2.45 bits per heavy atom. The molecular formula is C15H9BrClNO2. The molecule has 0 fully saturated rings. The van der Waals surface area contributed by atoms with Gasteiger partial charge in [-0.15, -0.1) is 0 Å². The molecule has 0 bridgehead atoms. The van der Waals surface area contributed by atoms with Crippen LogP contribution in [0.2, 0.25) is 5.02 Å². The van der Waals surface area contributed by atoms with E-state index in [-0.39, 0.29) is 11.8 Å². The van der Waals surface area contributed by atoms with Gasteiger partial charge in [-0.05, 0) is 42.8 Å². The minimum absolute atomic E-state index is 0.343. The van der Waals surface area contributed by atoms with Crippen LogP contribution in [-0.4, -0.2) is 11.8 Å². The van der Waals surface area contributed by atoms with Gasteiger partial charge in [0.05, 0.1) is 21.8 Å². The van der Waals surface area contributed by atoms with E-state index in [9.17, 15) is 9.59 Å². The van der Waals surface area contributed by atoms with Crippen molar-refractivity contribution in [2.45, 2.75) is 6.92 Å². The molecule has 0 N–H and O–H groups in total.